The number of carbonyl (C=O) groups is 1. The van der Waals surface area contributed by atoms with Crippen LogP contribution in [0.4, 0.5) is 0 Å². The summed E-state index contributed by atoms with van der Waals surface area (Å²) in [4.78, 5) is 18.6. The SMILES string of the molecule is CCC(C)(CC)C(=O)/C=C(\O)C(C)(CC)CC.Cc1c(CC(C)C)sc2c1ccc1oc3ccnc(-c4[c-]c5ccccc5c(C(C)(C)C)c4)c3c12.[Ir]. The summed E-state index contributed by atoms with van der Waals surface area (Å²) in [5.74, 6) is 0.910. The molecule has 0 amide bonds. The number of allylic oxidation sites excluding steroid dienone is 2. The molecular weight excluding hydrogens is 851 g/mol. The average Bonchev–Trinajstić information content (AvgIpc) is 3.66. The number of benzene rings is 3. The van der Waals surface area contributed by atoms with Crippen molar-refractivity contribution in [3.8, 4) is 11.3 Å². The molecule has 3 aromatic carbocycles. The molecule has 0 atom stereocenters. The number of pyridine rings is 1. The van der Waals surface area contributed by atoms with Crippen molar-refractivity contribution in [3.63, 3.8) is 0 Å². The van der Waals surface area contributed by atoms with Crippen LogP contribution in [0, 0.1) is 29.7 Å². The van der Waals surface area contributed by atoms with Crippen LogP contribution in [0.5, 0.6) is 0 Å². The minimum absolute atomic E-state index is 0. The Hall–Kier alpha value is -3.31. The third kappa shape index (κ3) is 8.36. The summed E-state index contributed by atoms with van der Waals surface area (Å²) in [6.45, 7) is 25.7. The maximum absolute atomic E-state index is 12.2. The van der Waals surface area contributed by atoms with Gasteiger partial charge in [-0.3, -0.25) is 9.78 Å². The summed E-state index contributed by atoms with van der Waals surface area (Å²) in [5, 5.41) is 16.1. The number of hydrogen-bond acceptors (Lipinski definition) is 5. The number of rotatable bonds is 10. The first kappa shape index (κ1) is 42.4. The molecule has 1 N–H and O–H groups in total. The predicted molar refractivity (Wildman–Crippen MR) is 224 cm³/mol. The number of furan rings is 1. The summed E-state index contributed by atoms with van der Waals surface area (Å²) < 4.78 is 7.70. The number of ketones is 1. The van der Waals surface area contributed by atoms with Gasteiger partial charge in [0.2, 0.25) is 0 Å². The van der Waals surface area contributed by atoms with E-state index >= 15 is 0 Å². The van der Waals surface area contributed by atoms with Gasteiger partial charge in [-0.05, 0) is 79.5 Å². The van der Waals surface area contributed by atoms with Crippen LogP contribution in [0.15, 0.2) is 71.0 Å². The number of thiophene rings is 1. The van der Waals surface area contributed by atoms with Crippen molar-refractivity contribution in [1.29, 1.82) is 0 Å². The molecule has 0 spiro atoms. The van der Waals surface area contributed by atoms with E-state index in [1.54, 1.807) is 0 Å². The van der Waals surface area contributed by atoms with Crippen molar-refractivity contribution in [1.82, 2.24) is 4.98 Å². The third-order valence-corrected chi connectivity index (χ3v) is 12.9. The van der Waals surface area contributed by atoms with Crippen molar-refractivity contribution in [2.45, 2.75) is 121 Å². The second kappa shape index (κ2) is 16.6. The smallest absolute Gasteiger partial charge is 0.164 e. The fraction of sp³-hybridized carbons (Fsp3) is 0.447. The minimum Gasteiger partial charge on any atom is -0.512 e. The first-order valence-electron chi connectivity index (χ1n) is 19.1. The summed E-state index contributed by atoms with van der Waals surface area (Å²) in [6, 6.07) is 20.9. The fourth-order valence-corrected chi connectivity index (χ4v) is 8.52. The van der Waals surface area contributed by atoms with E-state index in [9.17, 15) is 9.90 Å². The fourth-order valence-electron chi connectivity index (χ4n) is 6.96. The molecule has 0 saturated carbocycles. The van der Waals surface area contributed by atoms with E-state index in [2.05, 4.69) is 90.1 Å². The van der Waals surface area contributed by atoms with Crippen LogP contribution in [0.1, 0.15) is 118 Å². The number of nitrogens with zero attached hydrogens (tertiary/aromatic N) is 1. The number of aromatic nitrogens is 1. The van der Waals surface area contributed by atoms with Crippen LogP contribution < -0.4 is 0 Å². The van der Waals surface area contributed by atoms with Crippen molar-refractivity contribution in [2.24, 2.45) is 16.7 Å². The number of aryl methyl sites for hydroxylation is 1. The number of aliphatic hydroxyl groups is 1. The Balaban J connectivity index is 0.000000299. The number of hydrogen-bond donors (Lipinski definition) is 1. The monoisotopic (exact) mass is 909 g/mol. The van der Waals surface area contributed by atoms with Crippen molar-refractivity contribution in [2.75, 3.05) is 0 Å². The molecule has 6 rings (SSSR count). The molecule has 3 heterocycles. The van der Waals surface area contributed by atoms with Crippen LogP contribution in [-0.4, -0.2) is 15.9 Å². The molecule has 1 radical (unpaired) electrons. The first-order chi connectivity index (χ1) is 24.5. The minimum atomic E-state index is -0.337. The average molecular weight is 909 g/mol. The van der Waals surface area contributed by atoms with Gasteiger partial charge in [-0.2, -0.15) is 0 Å². The Morgan fingerprint density at radius 1 is 0.887 bits per heavy atom. The zero-order chi connectivity index (χ0) is 38.2. The molecule has 285 valence electrons. The zero-order valence-electron chi connectivity index (χ0n) is 33.8. The van der Waals surface area contributed by atoms with E-state index in [-0.39, 0.29) is 47.9 Å². The normalized spacial score (nSPS) is 12.8. The molecule has 0 unspecified atom stereocenters. The Morgan fingerprint density at radius 3 is 2.11 bits per heavy atom. The Labute approximate surface area is 334 Å². The molecule has 0 aliphatic carbocycles. The molecule has 0 aliphatic heterocycles. The van der Waals surface area contributed by atoms with Gasteiger partial charge in [0.05, 0.1) is 0 Å². The molecule has 0 aliphatic rings. The Bertz CT molecular complexity index is 2260. The second-order valence-electron chi connectivity index (χ2n) is 16.5. The molecule has 0 bridgehead atoms. The topological polar surface area (TPSA) is 63.3 Å². The van der Waals surface area contributed by atoms with Gasteiger partial charge in [0, 0.05) is 69.3 Å². The third-order valence-electron chi connectivity index (χ3n) is 11.6. The van der Waals surface area contributed by atoms with E-state index in [1.165, 1.54) is 42.9 Å². The Morgan fingerprint density at radius 2 is 1.51 bits per heavy atom. The van der Waals surface area contributed by atoms with Crippen LogP contribution >= 0.6 is 11.3 Å². The maximum atomic E-state index is 12.2. The standard InChI is InChI=1S/C32H30NOS.C15H28O2.Ir/c1-18(2)15-27-19(3)22-11-12-25-29(31(22)35-27)28-26(34-25)13-14-33-30(28)21-16-20-9-7-8-10-23(20)24(17-21)32(4,5)6;1-7-14(5,8-2)12(16)11-13(17)15(6,9-3)10-4;/h7-14,17-18H,15H2,1-6H3;11,16H,7-10H2,1-6H3;/q-1;;/b;12-11-;. The van der Waals surface area contributed by atoms with Crippen LogP contribution in [0.2, 0.25) is 0 Å². The molecule has 53 heavy (non-hydrogen) atoms. The van der Waals surface area contributed by atoms with E-state index in [4.69, 9.17) is 9.40 Å². The van der Waals surface area contributed by atoms with Crippen molar-refractivity contribution in [3.05, 3.63) is 88.6 Å². The van der Waals surface area contributed by atoms with E-state index in [0.717, 1.165) is 65.3 Å². The Kier molecular flexibility index (Phi) is 13.3. The van der Waals surface area contributed by atoms with Gasteiger partial charge in [0.1, 0.15) is 16.9 Å². The summed E-state index contributed by atoms with van der Waals surface area (Å²) in [5.41, 5.74) is 5.88. The van der Waals surface area contributed by atoms with Gasteiger partial charge in [-0.15, -0.1) is 40.5 Å². The van der Waals surface area contributed by atoms with E-state index in [0.29, 0.717) is 5.92 Å². The van der Waals surface area contributed by atoms with Crippen LogP contribution in [0.3, 0.4) is 0 Å². The second-order valence-corrected chi connectivity index (χ2v) is 17.6. The molecular formula is C47H58IrNO3S-. The quantitative estimate of drug-likeness (QED) is 0.0845. The van der Waals surface area contributed by atoms with Gasteiger partial charge in [-0.1, -0.05) is 105 Å². The summed E-state index contributed by atoms with van der Waals surface area (Å²) in [7, 11) is 0. The van der Waals surface area contributed by atoms with Gasteiger partial charge in [-0.25, -0.2) is 0 Å². The van der Waals surface area contributed by atoms with E-state index < -0.39 is 0 Å². The molecule has 0 saturated heterocycles. The molecule has 6 heteroatoms. The predicted octanol–water partition coefficient (Wildman–Crippen LogP) is 14.3. The number of aliphatic hydroxyl groups excluding tert-OH is 1. The number of carbonyl (C=O) groups excluding carboxylic acids is 1. The molecule has 3 aromatic heterocycles. The maximum Gasteiger partial charge on any atom is 0.164 e. The van der Waals surface area contributed by atoms with Crippen molar-refractivity contribution < 1.29 is 34.4 Å². The van der Waals surface area contributed by atoms with Gasteiger partial charge < -0.3 is 9.52 Å². The first-order valence-corrected chi connectivity index (χ1v) is 20.0. The van der Waals surface area contributed by atoms with Gasteiger partial charge in [0.25, 0.3) is 0 Å². The van der Waals surface area contributed by atoms with Gasteiger partial charge >= 0.3 is 0 Å². The largest absolute Gasteiger partial charge is 0.512 e. The van der Waals surface area contributed by atoms with E-state index in [1.807, 2.05) is 65.1 Å². The summed E-state index contributed by atoms with van der Waals surface area (Å²) >= 11 is 1.92. The molecule has 0 fully saturated rings. The van der Waals surface area contributed by atoms with Crippen LogP contribution in [-0.2, 0) is 36.7 Å². The van der Waals surface area contributed by atoms with Gasteiger partial charge in [0.15, 0.2) is 5.78 Å². The van der Waals surface area contributed by atoms with Crippen LogP contribution in [0.25, 0.3) is 54.1 Å². The summed E-state index contributed by atoms with van der Waals surface area (Å²) in [6.07, 6.45) is 7.71. The molecule has 6 aromatic rings. The molecule has 4 nitrogen and oxygen atoms in total. The number of fused-ring (bicyclic) bond motifs is 6. The zero-order valence-corrected chi connectivity index (χ0v) is 37.1. The van der Waals surface area contributed by atoms with Crippen molar-refractivity contribution >= 4 is 59.9 Å².